The van der Waals surface area contributed by atoms with Crippen molar-refractivity contribution in [3.63, 3.8) is 0 Å². The molecule has 1 aromatic heterocycles. The fourth-order valence-corrected chi connectivity index (χ4v) is 3.66. The third-order valence-electron chi connectivity index (χ3n) is 5.25. The van der Waals surface area contributed by atoms with Crippen LogP contribution in [-0.4, -0.2) is 35.4 Å². The van der Waals surface area contributed by atoms with Crippen LogP contribution in [0.15, 0.2) is 29.3 Å². The highest BCUT2D eigenvalue weighted by molar-refractivity contribution is 14.0. The number of hydrogen-bond acceptors (Lipinski definition) is 2. The monoisotopic (exact) mass is 467 g/mol. The van der Waals surface area contributed by atoms with E-state index in [2.05, 4.69) is 65.8 Å². The number of nitrogens with zero attached hydrogens (tertiary/aromatic N) is 3. The second-order valence-electron chi connectivity index (χ2n) is 7.08. The molecule has 26 heavy (non-hydrogen) atoms. The van der Waals surface area contributed by atoms with Gasteiger partial charge in [0.05, 0.1) is 5.69 Å². The third-order valence-corrected chi connectivity index (χ3v) is 5.25. The van der Waals surface area contributed by atoms with Crippen LogP contribution in [0.2, 0.25) is 0 Å². The van der Waals surface area contributed by atoms with Gasteiger partial charge in [-0.2, -0.15) is 5.10 Å². The van der Waals surface area contributed by atoms with E-state index in [1.165, 1.54) is 22.4 Å². The molecule has 1 aliphatic carbocycles. The molecule has 0 fully saturated rings. The number of aromatic nitrogens is 2. The van der Waals surface area contributed by atoms with Gasteiger partial charge in [-0.05, 0) is 50.3 Å². The Hall–Kier alpha value is -1.57. The highest BCUT2D eigenvalue weighted by atomic mass is 127. The SMILES string of the molecule is CN=C(NCC1Cc2ccccc21)NC(C)Cc1c(C)nn(C)c1C.I. The van der Waals surface area contributed by atoms with Crippen LogP contribution in [0, 0.1) is 13.8 Å². The molecule has 0 aliphatic heterocycles. The first-order valence-corrected chi connectivity index (χ1v) is 9.03. The molecule has 2 unspecified atom stereocenters. The molecule has 1 heterocycles. The first-order chi connectivity index (χ1) is 12.0. The van der Waals surface area contributed by atoms with E-state index in [9.17, 15) is 0 Å². The molecule has 1 aliphatic rings. The summed E-state index contributed by atoms with van der Waals surface area (Å²) in [6.07, 6.45) is 2.10. The Balaban J connectivity index is 0.00000243. The largest absolute Gasteiger partial charge is 0.356 e. The van der Waals surface area contributed by atoms with Crippen LogP contribution >= 0.6 is 24.0 Å². The first-order valence-electron chi connectivity index (χ1n) is 9.03. The molecule has 2 aromatic rings. The summed E-state index contributed by atoms with van der Waals surface area (Å²) in [5, 5.41) is 11.5. The van der Waals surface area contributed by atoms with Crippen LogP contribution in [0.4, 0.5) is 0 Å². The molecule has 2 N–H and O–H groups in total. The van der Waals surface area contributed by atoms with Crippen molar-refractivity contribution in [1.29, 1.82) is 0 Å². The van der Waals surface area contributed by atoms with Crippen molar-refractivity contribution in [3.8, 4) is 0 Å². The van der Waals surface area contributed by atoms with Crippen molar-refractivity contribution < 1.29 is 0 Å². The zero-order chi connectivity index (χ0) is 18.0. The van der Waals surface area contributed by atoms with E-state index < -0.39 is 0 Å². The molecule has 0 saturated heterocycles. The molecule has 1 aromatic carbocycles. The highest BCUT2D eigenvalue weighted by Gasteiger charge is 2.25. The van der Waals surface area contributed by atoms with Crippen molar-refractivity contribution in [2.75, 3.05) is 13.6 Å². The molecule has 0 amide bonds. The number of halogens is 1. The Labute approximate surface area is 173 Å². The Morgan fingerprint density at radius 1 is 1.35 bits per heavy atom. The van der Waals surface area contributed by atoms with Crippen molar-refractivity contribution in [3.05, 3.63) is 52.3 Å². The van der Waals surface area contributed by atoms with Gasteiger partial charge >= 0.3 is 0 Å². The van der Waals surface area contributed by atoms with E-state index in [0.717, 1.165) is 31.0 Å². The molecule has 3 rings (SSSR count). The van der Waals surface area contributed by atoms with Crippen molar-refractivity contribution in [2.24, 2.45) is 12.0 Å². The van der Waals surface area contributed by atoms with E-state index in [1.54, 1.807) is 0 Å². The number of fused-ring (bicyclic) bond motifs is 1. The van der Waals surface area contributed by atoms with Crippen molar-refractivity contribution in [1.82, 2.24) is 20.4 Å². The quantitative estimate of drug-likeness (QED) is 0.404. The van der Waals surface area contributed by atoms with Gasteiger partial charge < -0.3 is 10.6 Å². The van der Waals surface area contributed by atoms with E-state index >= 15 is 0 Å². The molecule has 6 heteroatoms. The molecular weight excluding hydrogens is 437 g/mol. The summed E-state index contributed by atoms with van der Waals surface area (Å²) < 4.78 is 1.96. The summed E-state index contributed by atoms with van der Waals surface area (Å²) >= 11 is 0. The van der Waals surface area contributed by atoms with Crippen LogP contribution in [0.3, 0.4) is 0 Å². The van der Waals surface area contributed by atoms with Gasteiger partial charge in [-0.15, -0.1) is 24.0 Å². The van der Waals surface area contributed by atoms with Gasteiger partial charge in [0.2, 0.25) is 0 Å². The third kappa shape index (κ3) is 4.39. The average Bonchev–Trinajstić information content (AvgIpc) is 2.81. The molecule has 5 nitrogen and oxygen atoms in total. The topological polar surface area (TPSA) is 54.2 Å². The number of aryl methyl sites for hydroxylation is 2. The van der Waals surface area contributed by atoms with Gasteiger partial charge in [0.15, 0.2) is 5.96 Å². The summed E-state index contributed by atoms with van der Waals surface area (Å²) in [5.41, 5.74) is 6.63. The predicted octanol–water partition coefficient (Wildman–Crippen LogP) is 3.09. The lowest BCUT2D eigenvalue weighted by Gasteiger charge is -2.31. The zero-order valence-electron chi connectivity index (χ0n) is 16.3. The molecule has 2 atom stereocenters. The van der Waals surface area contributed by atoms with Gasteiger partial charge in [0.25, 0.3) is 0 Å². The summed E-state index contributed by atoms with van der Waals surface area (Å²) in [6.45, 7) is 7.32. The number of rotatable bonds is 5. The zero-order valence-corrected chi connectivity index (χ0v) is 18.7. The van der Waals surface area contributed by atoms with Crippen LogP contribution in [0.25, 0.3) is 0 Å². The van der Waals surface area contributed by atoms with Crippen LogP contribution in [0.5, 0.6) is 0 Å². The van der Waals surface area contributed by atoms with Gasteiger partial charge in [0.1, 0.15) is 0 Å². The van der Waals surface area contributed by atoms with Crippen molar-refractivity contribution in [2.45, 2.75) is 45.6 Å². The fraction of sp³-hybridized carbons (Fsp3) is 0.500. The molecular formula is C20H30IN5. The van der Waals surface area contributed by atoms with Crippen LogP contribution in [0.1, 0.15) is 40.9 Å². The van der Waals surface area contributed by atoms with Gasteiger partial charge in [0, 0.05) is 38.3 Å². The second kappa shape index (κ2) is 8.88. The molecule has 142 valence electrons. The Kier molecular flexibility index (Phi) is 7.08. The number of nitrogens with one attached hydrogen (secondary N) is 2. The lowest BCUT2D eigenvalue weighted by molar-refractivity contribution is 0.572. The normalized spacial score (nSPS) is 17.0. The summed E-state index contributed by atoms with van der Waals surface area (Å²) in [7, 11) is 3.83. The maximum atomic E-state index is 4.51. The molecule has 0 spiro atoms. The minimum Gasteiger partial charge on any atom is -0.356 e. The molecule has 0 radical (unpaired) electrons. The molecule has 0 bridgehead atoms. The summed E-state index contributed by atoms with van der Waals surface area (Å²) in [4.78, 5) is 4.38. The lowest BCUT2D eigenvalue weighted by Crippen LogP contribution is -2.45. The van der Waals surface area contributed by atoms with E-state index in [4.69, 9.17) is 0 Å². The van der Waals surface area contributed by atoms with E-state index in [-0.39, 0.29) is 24.0 Å². The lowest BCUT2D eigenvalue weighted by atomic mass is 9.78. The highest BCUT2D eigenvalue weighted by Crippen LogP contribution is 2.33. The smallest absolute Gasteiger partial charge is 0.191 e. The minimum absolute atomic E-state index is 0. The van der Waals surface area contributed by atoms with Gasteiger partial charge in [-0.1, -0.05) is 24.3 Å². The maximum Gasteiger partial charge on any atom is 0.191 e. The molecule has 0 saturated carbocycles. The number of hydrogen-bond donors (Lipinski definition) is 2. The Morgan fingerprint density at radius 2 is 2.08 bits per heavy atom. The average molecular weight is 467 g/mol. The van der Waals surface area contributed by atoms with E-state index in [1.807, 2.05) is 18.8 Å². The standard InChI is InChI=1S/C20H29N5.HI/c1-13(10-19-14(2)24-25(5)15(19)3)23-20(21-4)22-12-17-11-16-8-6-7-9-18(16)17;/h6-9,13,17H,10-12H2,1-5H3,(H2,21,22,23);1H. The van der Waals surface area contributed by atoms with Gasteiger partial charge in [-0.25, -0.2) is 0 Å². The van der Waals surface area contributed by atoms with Crippen LogP contribution < -0.4 is 10.6 Å². The van der Waals surface area contributed by atoms with E-state index in [0.29, 0.717) is 12.0 Å². The Bertz CT molecular complexity index is 781. The van der Waals surface area contributed by atoms with Crippen molar-refractivity contribution >= 4 is 29.9 Å². The summed E-state index contributed by atoms with van der Waals surface area (Å²) in [6, 6.07) is 8.99. The maximum absolute atomic E-state index is 4.51. The second-order valence-corrected chi connectivity index (χ2v) is 7.08. The minimum atomic E-state index is 0. The number of guanidine groups is 1. The predicted molar refractivity (Wildman–Crippen MR) is 119 cm³/mol. The summed E-state index contributed by atoms with van der Waals surface area (Å²) in [5.74, 6) is 1.46. The first kappa shape index (κ1) is 20.7. The van der Waals surface area contributed by atoms with Gasteiger partial charge in [-0.3, -0.25) is 9.67 Å². The fourth-order valence-electron chi connectivity index (χ4n) is 3.66. The Morgan fingerprint density at radius 3 is 2.69 bits per heavy atom. The van der Waals surface area contributed by atoms with Crippen LogP contribution in [-0.2, 0) is 19.9 Å². The number of benzene rings is 1. The number of aliphatic imine (C=N–C) groups is 1.